The summed E-state index contributed by atoms with van der Waals surface area (Å²) in [4.78, 5) is 28.7. The van der Waals surface area contributed by atoms with Crippen LogP contribution in [-0.2, 0) is 34.4 Å². The van der Waals surface area contributed by atoms with Crippen molar-refractivity contribution in [2.45, 2.75) is 47.6 Å². The number of furan rings is 1. The Hall–Kier alpha value is -3.09. The first-order valence-corrected chi connectivity index (χ1v) is 11.5. The zero-order valence-electron chi connectivity index (χ0n) is 20.5. The van der Waals surface area contributed by atoms with Crippen molar-refractivity contribution in [1.29, 1.82) is 0 Å². The first kappa shape index (κ1) is 24.6. The number of aromatic nitrogens is 2. The molecule has 0 radical (unpaired) electrons. The van der Waals surface area contributed by atoms with Gasteiger partial charge in [0.2, 0.25) is 5.91 Å². The van der Waals surface area contributed by atoms with Crippen LogP contribution in [0.15, 0.2) is 41.0 Å². The Morgan fingerprint density at radius 1 is 1.09 bits per heavy atom. The number of benzene rings is 1. The Morgan fingerprint density at radius 2 is 1.79 bits per heavy atom. The monoisotopic (exact) mass is 453 g/mol. The molecule has 0 aliphatic heterocycles. The van der Waals surface area contributed by atoms with E-state index < -0.39 is 11.9 Å². The SMILES string of the molecule is Cc1cc(CC(C(=O)OCc2ccc3occc3c2)C(=O)N(CC(C)C)CC(C)C)n(C)n1. The van der Waals surface area contributed by atoms with Crippen molar-refractivity contribution in [3.8, 4) is 0 Å². The molecule has 0 N–H and O–H groups in total. The van der Waals surface area contributed by atoms with Gasteiger partial charge in [-0.3, -0.25) is 14.3 Å². The summed E-state index contributed by atoms with van der Waals surface area (Å²) in [6, 6.07) is 9.43. The summed E-state index contributed by atoms with van der Waals surface area (Å²) < 4.78 is 12.8. The molecule has 0 aliphatic rings. The van der Waals surface area contributed by atoms with Gasteiger partial charge in [0, 0.05) is 37.6 Å². The van der Waals surface area contributed by atoms with Gasteiger partial charge in [-0.05, 0) is 48.6 Å². The number of fused-ring (bicyclic) bond motifs is 1. The average molecular weight is 454 g/mol. The highest BCUT2D eigenvalue weighted by atomic mass is 16.5. The van der Waals surface area contributed by atoms with E-state index in [1.54, 1.807) is 10.9 Å². The van der Waals surface area contributed by atoms with E-state index in [1.165, 1.54) is 0 Å². The number of carbonyl (C=O) groups excluding carboxylic acids is 2. The van der Waals surface area contributed by atoms with Crippen molar-refractivity contribution >= 4 is 22.8 Å². The fourth-order valence-corrected chi connectivity index (χ4v) is 4.05. The van der Waals surface area contributed by atoms with Gasteiger partial charge in [0.05, 0.1) is 12.0 Å². The lowest BCUT2D eigenvalue weighted by Crippen LogP contribution is -2.44. The third-order valence-electron chi connectivity index (χ3n) is 5.48. The van der Waals surface area contributed by atoms with Crippen LogP contribution in [-0.4, -0.2) is 39.6 Å². The summed E-state index contributed by atoms with van der Waals surface area (Å²) in [6.07, 6.45) is 1.88. The first-order valence-electron chi connectivity index (χ1n) is 11.5. The maximum atomic E-state index is 13.6. The molecule has 7 heteroatoms. The number of amides is 1. The number of hydrogen-bond donors (Lipinski definition) is 0. The van der Waals surface area contributed by atoms with Crippen molar-refractivity contribution in [1.82, 2.24) is 14.7 Å². The molecule has 1 aromatic carbocycles. The van der Waals surface area contributed by atoms with E-state index in [-0.39, 0.29) is 18.9 Å². The zero-order chi connectivity index (χ0) is 24.1. The minimum Gasteiger partial charge on any atom is -0.464 e. The Balaban J connectivity index is 1.81. The molecule has 1 unspecified atom stereocenters. The maximum absolute atomic E-state index is 13.6. The topological polar surface area (TPSA) is 77.6 Å². The number of aryl methyl sites for hydroxylation is 2. The maximum Gasteiger partial charge on any atom is 0.319 e. The van der Waals surface area contributed by atoms with E-state index >= 15 is 0 Å². The molecule has 7 nitrogen and oxygen atoms in total. The summed E-state index contributed by atoms with van der Waals surface area (Å²) in [5.74, 6) is -1.03. The lowest BCUT2D eigenvalue weighted by atomic mass is 9.99. The predicted molar refractivity (Wildman–Crippen MR) is 127 cm³/mol. The van der Waals surface area contributed by atoms with E-state index in [0.717, 1.165) is 27.9 Å². The fraction of sp³-hybridized carbons (Fsp3) is 0.500. The third kappa shape index (κ3) is 6.46. The Morgan fingerprint density at radius 3 is 2.39 bits per heavy atom. The minimum absolute atomic E-state index is 0.0997. The molecule has 33 heavy (non-hydrogen) atoms. The van der Waals surface area contributed by atoms with Crippen molar-refractivity contribution < 1.29 is 18.7 Å². The van der Waals surface area contributed by atoms with Crippen LogP contribution < -0.4 is 0 Å². The van der Waals surface area contributed by atoms with Crippen LogP contribution >= 0.6 is 0 Å². The van der Waals surface area contributed by atoms with E-state index in [9.17, 15) is 9.59 Å². The number of carbonyl (C=O) groups is 2. The number of hydrogen-bond acceptors (Lipinski definition) is 5. The molecule has 0 fully saturated rings. The highest BCUT2D eigenvalue weighted by molar-refractivity contribution is 5.98. The van der Waals surface area contributed by atoms with Gasteiger partial charge in [-0.25, -0.2) is 0 Å². The van der Waals surface area contributed by atoms with Crippen LogP contribution in [0.5, 0.6) is 0 Å². The molecule has 1 amide bonds. The van der Waals surface area contributed by atoms with Crippen molar-refractivity contribution in [3.05, 3.63) is 53.5 Å². The van der Waals surface area contributed by atoms with Crippen LogP contribution in [0.4, 0.5) is 0 Å². The second-order valence-electron chi connectivity index (χ2n) is 9.59. The fourth-order valence-electron chi connectivity index (χ4n) is 4.05. The number of rotatable bonds is 10. The van der Waals surface area contributed by atoms with Gasteiger partial charge in [-0.1, -0.05) is 33.8 Å². The van der Waals surface area contributed by atoms with Crippen LogP contribution in [0, 0.1) is 24.7 Å². The van der Waals surface area contributed by atoms with Gasteiger partial charge in [-0.2, -0.15) is 5.10 Å². The zero-order valence-corrected chi connectivity index (χ0v) is 20.5. The van der Waals surface area contributed by atoms with Gasteiger partial charge < -0.3 is 14.1 Å². The molecule has 1 atom stereocenters. The summed E-state index contributed by atoms with van der Waals surface area (Å²) in [6.45, 7) is 11.5. The number of nitrogens with zero attached hydrogens (tertiary/aromatic N) is 3. The molecule has 3 aromatic rings. The van der Waals surface area contributed by atoms with E-state index in [2.05, 4.69) is 32.8 Å². The van der Waals surface area contributed by atoms with Crippen molar-refractivity contribution in [2.24, 2.45) is 24.8 Å². The Bertz CT molecular complexity index is 1090. The van der Waals surface area contributed by atoms with Gasteiger partial charge in [0.1, 0.15) is 18.1 Å². The van der Waals surface area contributed by atoms with Gasteiger partial charge in [-0.15, -0.1) is 0 Å². The normalized spacial score (nSPS) is 12.5. The first-order chi connectivity index (χ1) is 15.6. The predicted octanol–water partition coefficient (Wildman–Crippen LogP) is 4.52. The second-order valence-corrected chi connectivity index (χ2v) is 9.59. The molecule has 0 saturated heterocycles. The largest absolute Gasteiger partial charge is 0.464 e. The molecule has 0 bridgehead atoms. The molecule has 178 valence electrons. The molecule has 3 rings (SSSR count). The van der Waals surface area contributed by atoms with E-state index in [4.69, 9.17) is 9.15 Å². The van der Waals surface area contributed by atoms with Crippen LogP contribution in [0.2, 0.25) is 0 Å². The molecule has 2 aromatic heterocycles. The summed E-state index contributed by atoms with van der Waals surface area (Å²) in [5.41, 5.74) is 3.31. The average Bonchev–Trinajstić information content (AvgIpc) is 3.33. The summed E-state index contributed by atoms with van der Waals surface area (Å²) in [5, 5.41) is 5.32. The molecule has 2 heterocycles. The van der Waals surface area contributed by atoms with E-state index in [1.807, 2.05) is 49.2 Å². The molecule has 0 spiro atoms. The van der Waals surface area contributed by atoms with Crippen LogP contribution in [0.25, 0.3) is 11.0 Å². The van der Waals surface area contributed by atoms with Crippen molar-refractivity contribution in [2.75, 3.05) is 13.1 Å². The quantitative estimate of drug-likeness (QED) is 0.333. The highest BCUT2D eigenvalue weighted by Crippen LogP contribution is 2.20. The summed E-state index contributed by atoms with van der Waals surface area (Å²) >= 11 is 0. The van der Waals surface area contributed by atoms with Crippen molar-refractivity contribution in [3.63, 3.8) is 0 Å². The third-order valence-corrected chi connectivity index (χ3v) is 5.48. The number of esters is 1. The lowest BCUT2D eigenvalue weighted by Gasteiger charge is -2.29. The van der Waals surface area contributed by atoms with Gasteiger partial charge in [0.15, 0.2) is 0 Å². The molecule has 0 saturated carbocycles. The van der Waals surface area contributed by atoms with Crippen LogP contribution in [0.1, 0.15) is 44.6 Å². The minimum atomic E-state index is -0.921. The standard InChI is InChI=1S/C26H35N3O4/c1-17(2)14-29(15-18(3)4)25(30)23(13-22-11-19(5)27-28(22)6)26(31)33-16-20-7-8-24-21(12-20)9-10-32-24/h7-12,17-18,23H,13-16H2,1-6H3. The lowest BCUT2D eigenvalue weighted by molar-refractivity contribution is -0.157. The molecular weight excluding hydrogens is 418 g/mol. The van der Waals surface area contributed by atoms with Gasteiger partial charge in [0.25, 0.3) is 0 Å². The van der Waals surface area contributed by atoms with Crippen LogP contribution in [0.3, 0.4) is 0 Å². The molecule has 0 aliphatic carbocycles. The van der Waals surface area contributed by atoms with Gasteiger partial charge >= 0.3 is 5.97 Å². The number of ether oxygens (including phenoxy) is 1. The highest BCUT2D eigenvalue weighted by Gasteiger charge is 2.34. The molecular formula is C26H35N3O4. The summed E-state index contributed by atoms with van der Waals surface area (Å²) in [7, 11) is 1.83. The second kappa shape index (κ2) is 10.7. The smallest absolute Gasteiger partial charge is 0.319 e. The Kier molecular flexibility index (Phi) is 7.95. The van der Waals surface area contributed by atoms with E-state index in [0.29, 0.717) is 24.9 Å². The Labute approximate surface area is 195 Å².